The van der Waals surface area contributed by atoms with Gasteiger partial charge in [0.2, 0.25) is 88.6 Å². The van der Waals surface area contributed by atoms with Gasteiger partial charge in [0.25, 0.3) is 0 Å². The predicted molar refractivity (Wildman–Crippen MR) is 522 cm³/mol. The van der Waals surface area contributed by atoms with Crippen LogP contribution in [0.5, 0.6) is 5.75 Å². The smallest absolute Gasteiger partial charge is 0.328 e. The molecule has 141 heavy (non-hydrogen) atoms. The van der Waals surface area contributed by atoms with Gasteiger partial charge in [0.1, 0.15) is 90.3 Å². The van der Waals surface area contributed by atoms with Crippen molar-refractivity contribution in [2.45, 2.75) is 220 Å². The zero-order valence-electron chi connectivity index (χ0n) is 78.4. The zero-order chi connectivity index (χ0) is 103. The molecule has 2 aromatic heterocycles. The number of aliphatic hydroxyl groups is 8. The lowest BCUT2D eigenvalue weighted by atomic mass is 9.72. The number of fused-ring (bicyclic) bond motifs is 3. The van der Waals surface area contributed by atoms with Gasteiger partial charge in [-0.3, -0.25) is 76.8 Å². The van der Waals surface area contributed by atoms with E-state index >= 15 is 9.59 Å². The number of carbonyl (C=O) groups is 16. The van der Waals surface area contributed by atoms with E-state index in [4.69, 9.17) is 5.73 Å². The number of nitrogens with zero attached hydrogens (tertiary/aromatic N) is 1. The molecular formula is C93H131N19O26S3. The van der Waals surface area contributed by atoms with E-state index in [1.165, 1.54) is 52.5 Å². The summed E-state index contributed by atoms with van der Waals surface area (Å²) < 4.78 is 0. The van der Waals surface area contributed by atoms with Crippen LogP contribution >= 0.6 is 37.0 Å². The van der Waals surface area contributed by atoms with E-state index in [-0.39, 0.29) is 74.0 Å². The molecule has 2 aliphatic rings. The van der Waals surface area contributed by atoms with Gasteiger partial charge in [-0.15, -0.1) is 0 Å². The fraction of sp³-hybridized carbons (Fsp3) is 0.527. The number of benzene rings is 4. The molecule has 3 heterocycles. The number of unbranched alkanes of at least 4 members (excludes halogenated alkanes) is 2. The number of nitrogens with one attached hydrogen (secondary N) is 17. The first-order chi connectivity index (χ1) is 67.5. The predicted octanol–water partition coefficient (Wildman–Crippen LogP) is -6.19. The van der Waals surface area contributed by atoms with Crippen molar-refractivity contribution in [2.24, 2.45) is 11.7 Å². The molecule has 29 N–H and O–H groups in total. The van der Waals surface area contributed by atoms with E-state index in [1.807, 2.05) is 0 Å². The van der Waals surface area contributed by atoms with E-state index in [2.05, 4.69) is 151 Å². The second kappa shape index (κ2) is 57.1. The number of carbonyl (C=O) groups excluding carboxylic acids is 15. The Labute approximate surface area is 827 Å². The van der Waals surface area contributed by atoms with Crippen molar-refractivity contribution in [1.82, 2.24) is 94.6 Å². The fourth-order valence-corrected chi connectivity index (χ4v) is 18.0. The molecule has 0 radical (unpaired) electrons. The van der Waals surface area contributed by atoms with Crippen LogP contribution in [-0.4, -0.2) is 352 Å². The molecule has 1 fully saturated rings. The van der Waals surface area contributed by atoms with Crippen LogP contribution in [0, 0.1) is 5.92 Å². The second-order valence-electron chi connectivity index (χ2n) is 34.7. The van der Waals surface area contributed by atoms with Crippen molar-refractivity contribution in [3.8, 4) is 5.75 Å². The molecule has 45 nitrogen and oxygen atoms in total. The summed E-state index contributed by atoms with van der Waals surface area (Å²) in [5, 5.41) is 140. The summed E-state index contributed by atoms with van der Waals surface area (Å²) in [4.78, 5) is 232. The second-order valence-corrected chi connectivity index (χ2v) is 36.5. The maximum Gasteiger partial charge on any atom is 0.328 e. The third-order valence-electron chi connectivity index (χ3n) is 24.1. The number of aromatic hydroxyl groups is 1. The molecule has 20 atom stereocenters. The number of nitrogens with two attached hydrogens (primary N) is 1. The number of para-hydroxylation sites is 1. The van der Waals surface area contributed by atoms with Gasteiger partial charge in [-0.05, 0) is 136 Å². The zero-order valence-corrected chi connectivity index (χ0v) is 81.1. The molecule has 48 heteroatoms. The van der Waals surface area contributed by atoms with E-state index in [9.17, 15) is 118 Å². The van der Waals surface area contributed by atoms with Crippen molar-refractivity contribution in [3.05, 3.63) is 137 Å². The van der Waals surface area contributed by atoms with Crippen LogP contribution in [-0.2, 0) is 102 Å². The van der Waals surface area contributed by atoms with Crippen molar-refractivity contribution < 1.29 is 128 Å². The summed E-state index contributed by atoms with van der Waals surface area (Å²) in [6.07, 6.45) is 2.98. The molecule has 1 saturated heterocycles. The Morgan fingerprint density at radius 3 is 1.33 bits per heavy atom. The Kier molecular flexibility index (Phi) is 46.3. The number of piperidine rings is 1. The topological polar surface area (TPSA) is 717 Å². The van der Waals surface area contributed by atoms with E-state index in [0.717, 1.165) is 51.7 Å². The lowest BCUT2D eigenvalue weighted by Crippen LogP contribution is -2.62. The Hall–Kier alpha value is -12.1. The van der Waals surface area contributed by atoms with Crippen LogP contribution in [0.2, 0.25) is 0 Å². The Morgan fingerprint density at radius 1 is 0.440 bits per heavy atom. The molecule has 2 unspecified atom stereocenters. The number of thiol groups is 2. The molecule has 4 aromatic carbocycles. The molecule has 1 aliphatic carbocycles. The van der Waals surface area contributed by atoms with Crippen LogP contribution in [0.15, 0.2) is 109 Å². The Bertz CT molecular complexity index is 5240. The maximum atomic E-state index is 15.1. The maximum absolute atomic E-state index is 15.1. The molecule has 1 aliphatic heterocycles. The van der Waals surface area contributed by atoms with Crippen LogP contribution in [0.3, 0.4) is 0 Å². The number of aromatic amines is 2. The highest BCUT2D eigenvalue weighted by molar-refractivity contribution is 7.99. The number of aliphatic carboxylic acids is 1. The van der Waals surface area contributed by atoms with E-state index in [1.54, 1.807) is 67.7 Å². The summed E-state index contributed by atoms with van der Waals surface area (Å²) in [6, 6.07) is 0.628. The Morgan fingerprint density at radius 2 is 0.844 bits per heavy atom. The van der Waals surface area contributed by atoms with Crippen molar-refractivity contribution in [3.63, 3.8) is 0 Å². The number of carboxylic acids is 1. The van der Waals surface area contributed by atoms with Crippen molar-refractivity contribution >= 4 is 153 Å². The van der Waals surface area contributed by atoms with Crippen LogP contribution in [0.4, 0.5) is 0 Å². The van der Waals surface area contributed by atoms with Gasteiger partial charge in [-0.2, -0.15) is 37.0 Å². The first kappa shape index (κ1) is 114. The summed E-state index contributed by atoms with van der Waals surface area (Å²) >= 11 is 9.80. The highest BCUT2D eigenvalue weighted by Crippen LogP contribution is 2.45. The lowest BCUT2D eigenvalue weighted by molar-refractivity contribution is -0.145. The van der Waals surface area contributed by atoms with Gasteiger partial charge in [-0.1, -0.05) is 99.5 Å². The molecule has 0 bridgehead atoms. The monoisotopic (exact) mass is 2030 g/mol. The summed E-state index contributed by atoms with van der Waals surface area (Å²) in [5.74, 6) is -18.5. The van der Waals surface area contributed by atoms with Crippen molar-refractivity contribution in [2.75, 3.05) is 82.3 Å². The van der Waals surface area contributed by atoms with Crippen LogP contribution < -0.4 is 85.5 Å². The SMILES string of the molecule is CCCC[C@H](NC(=O)[C@@H](CO)NC(=O)[C@@H](CO)NC(=O)[C@@H](CO)NC(=O)[C@@H](CO)NC(=O)[C@@H](CO)NC(=O)CSC[C@@H]1CC2c3cccc4[nH]cc(c34)CC2N(CCC)C1)C(=O)N[C@H](Cc1ccc(O)cc1)C(=O)N[C@H](CO)C(=O)N[C@@H](CS)C(=O)N[C@@H](Cc1ccccc1)C(=O)N[C@H](Cc1c[nH]c2ccccc12)C(=O)N[C@@H](CCCCN)C(=O)N[C@H](C(=O)N[C@@H](CS)C(=O)N[C@H](C(=O)O)[C@@H](C)O)[C@@H](C)O. The molecule has 6 aromatic rings. The number of hydrogen-bond donors (Lipinski definition) is 30. The summed E-state index contributed by atoms with van der Waals surface area (Å²) in [5.41, 5.74) is 11.4. The molecule has 8 rings (SSSR count). The van der Waals surface area contributed by atoms with Gasteiger partial charge < -0.3 is 147 Å². The molecule has 772 valence electrons. The molecule has 15 amide bonds. The summed E-state index contributed by atoms with van der Waals surface area (Å²) in [6.45, 7) is 1.14. The number of H-pyrrole nitrogens is 2. The average Bonchev–Trinajstić information content (AvgIpc) is 1.63. The number of aromatic nitrogens is 2. The van der Waals surface area contributed by atoms with Gasteiger partial charge in [-0.25, -0.2) is 4.79 Å². The van der Waals surface area contributed by atoms with Gasteiger partial charge in [0.05, 0.1) is 57.6 Å². The highest BCUT2D eigenvalue weighted by atomic mass is 32.2. The quantitative estimate of drug-likeness (QED) is 0.0125. The minimum absolute atomic E-state index is 0.0874. The minimum atomic E-state index is -2.01. The average molecular weight is 2030 g/mol. The van der Waals surface area contributed by atoms with E-state index in [0.29, 0.717) is 46.7 Å². The third kappa shape index (κ3) is 33.3. The molecular weight excluding hydrogens is 1900 g/mol. The van der Waals surface area contributed by atoms with Gasteiger partial charge in [0.15, 0.2) is 6.04 Å². The largest absolute Gasteiger partial charge is 0.508 e. The number of amides is 15. The number of phenolic OH excluding ortho intramolecular Hbond substituents is 1. The lowest BCUT2D eigenvalue weighted by Gasteiger charge is -2.47. The number of phenols is 1. The number of rotatable bonds is 59. The summed E-state index contributed by atoms with van der Waals surface area (Å²) in [7, 11) is 0. The van der Waals surface area contributed by atoms with E-state index < -0.39 is 255 Å². The first-order valence-corrected chi connectivity index (χ1v) is 48.9. The number of aliphatic hydroxyl groups excluding tert-OH is 8. The van der Waals surface area contributed by atoms with Gasteiger partial charge in [0, 0.05) is 83.5 Å². The third-order valence-corrected chi connectivity index (χ3v) is 26.0. The van der Waals surface area contributed by atoms with Crippen molar-refractivity contribution in [1.29, 1.82) is 0 Å². The standard InChI is InChI=1S/C93H131N19O26S3/c1-5-7-20-61(99-85(129)67(39-114)105-87(131)69(41-116)107-88(132)70(42-117)106-86(130)68(40-115)104-84(128)66(38-113)97-75(122)47-141-46-52-30-58-57-19-15-23-60-76(57)54(36-96-60)34-74(58)112(37-52)29-6-2)79(123)100-64(32-51-24-26-55(121)27-25-51)82(126)103-71(43-118)89(133)108-72(44-139)90(134)101-63(31-50-16-9-8-10-17-50)81(125)102-65(33-53-35-95-59-21-12-11-18-56(53)59)83(127)98-62(22-13-14-28-94)80(124)110-77(48(3)119)92(136)109-73(45-140)91(135)111-78(49(4)120)93(137)138/h8-12,15-19,21,23-27,35-36,48-49,52,58,61-74,77-78,95-96,113-121,139-140H,5-7,13-14,20,22,28-34,37-47,94H2,1-4H3,(H,97,122)(H,98,127)(H,99,129)(H,100,123)(H,101,134)(H,102,125)(H,103,126)(H,104,128)(H,105,131)(H,106,130)(H,107,132)(H,108,133)(H,109,136)(H,110,124)(H,111,135)(H,137,138)/t48-,49-,52-,58?,61+,62+,63+,64-,65-,66-,67-,68-,69-,70-,71-,72+,73+,74?,77+,78+/m1/s1. The number of hydrogen-bond acceptors (Lipinski definition) is 30. The van der Waals surface area contributed by atoms with Gasteiger partial charge >= 0.3 is 5.97 Å². The normalized spacial score (nSPS) is 17.5. The number of likely N-dealkylation sites (tertiary alicyclic amines) is 1. The molecule has 0 saturated carbocycles. The number of thioether (sulfide) groups is 1. The fourth-order valence-electron chi connectivity index (χ4n) is 16.5. The number of carboxylic acid groups (broad SMARTS) is 1. The highest BCUT2D eigenvalue weighted by Gasteiger charge is 2.44. The van der Waals surface area contributed by atoms with Crippen LogP contribution in [0.25, 0.3) is 21.8 Å². The molecule has 0 spiro atoms. The Balaban J connectivity index is 0.889. The van der Waals surface area contributed by atoms with Crippen LogP contribution in [0.1, 0.15) is 113 Å². The minimum Gasteiger partial charge on any atom is -0.508 e. The first-order valence-electron chi connectivity index (χ1n) is 46.5.